The summed E-state index contributed by atoms with van der Waals surface area (Å²) in [5.41, 5.74) is 7.13. The molecule has 5 nitrogen and oxygen atoms in total. The smallest absolute Gasteiger partial charge is 0.239 e. The van der Waals surface area contributed by atoms with E-state index in [4.69, 9.17) is 5.73 Å². The van der Waals surface area contributed by atoms with Crippen LogP contribution in [0.15, 0.2) is 41.1 Å². The van der Waals surface area contributed by atoms with Crippen LogP contribution in [0.4, 0.5) is 5.69 Å². The Morgan fingerprint density at radius 1 is 1.53 bits per heavy atom. The second-order valence-corrected chi connectivity index (χ2v) is 5.13. The van der Waals surface area contributed by atoms with E-state index in [1.165, 1.54) is 4.68 Å². The van der Waals surface area contributed by atoms with E-state index in [0.29, 0.717) is 0 Å². The van der Waals surface area contributed by atoms with Crippen molar-refractivity contribution >= 4 is 27.5 Å². The van der Waals surface area contributed by atoms with Crippen molar-refractivity contribution in [2.75, 3.05) is 5.32 Å². The second kappa shape index (κ2) is 5.88. The molecule has 0 aliphatic carbocycles. The molecule has 1 heterocycles. The van der Waals surface area contributed by atoms with Gasteiger partial charge >= 0.3 is 0 Å². The Hall–Kier alpha value is -1.82. The fraction of sp³-hybridized carbons (Fsp3) is 0.231. The molecule has 100 valence electrons. The molecule has 19 heavy (non-hydrogen) atoms. The van der Waals surface area contributed by atoms with Gasteiger partial charge in [-0.2, -0.15) is 5.10 Å². The summed E-state index contributed by atoms with van der Waals surface area (Å²) < 4.78 is 2.57. The molecule has 6 heteroatoms. The molecule has 1 unspecified atom stereocenters. The summed E-state index contributed by atoms with van der Waals surface area (Å²) in [6.07, 6.45) is 3.44. The van der Waals surface area contributed by atoms with Crippen molar-refractivity contribution in [3.05, 3.63) is 46.7 Å². The maximum absolute atomic E-state index is 10.8. The molecule has 0 aliphatic heterocycles. The van der Waals surface area contributed by atoms with E-state index in [2.05, 4.69) is 39.3 Å². The highest BCUT2D eigenvalue weighted by molar-refractivity contribution is 9.10. The number of nitrogens with one attached hydrogen (secondary N) is 1. The Morgan fingerprint density at radius 2 is 2.26 bits per heavy atom. The molecule has 1 atom stereocenters. The number of primary amides is 1. The molecule has 0 aliphatic rings. The van der Waals surface area contributed by atoms with Crippen LogP contribution in [0.2, 0.25) is 0 Å². The van der Waals surface area contributed by atoms with Gasteiger partial charge in [-0.3, -0.25) is 9.48 Å². The number of halogens is 1. The number of rotatable bonds is 5. The summed E-state index contributed by atoms with van der Waals surface area (Å²) in [7, 11) is 0. The standard InChI is InChI=1S/C13H15BrN4O/c1-9(11-4-2-3-5-12(11)14)17-10-6-16-18(7-10)8-13(15)19/h2-7,9,17H,8H2,1H3,(H2,15,19). The minimum atomic E-state index is -0.409. The number of nitrogens with two attached hydrogens (primary N) is 1. The molecule has 0 saturated heterocycles. The normalized spacial score (nSPS) is 12.1. The Morgan fingerprint density at radius 3 is 2.95 bits per heavy atom. The molecule has 2 rings (SSSR count). The Labute approximate surface area is 119 Å². The van der Waals surface area contributed by atoms with Gasteiger partial charge in [-0.1, -0.05) is 34.1 Å². The van der Waals surface area contributed by atoms with Crippen molar-refractivity contribution in [3.8, 4) is 0 Å². The minimum absolute atomic E-state index is 0.0884. The number of carbonyl (C=O) groups is 1. The summed E-state index contributed by atoms with van der Waals surface area (Å²) in [6, 6.07) is 8.15. The third-order valence-electron chi connectivity index (χ3n) is 2.71. The average Bonchev–Trinajstić information content (AvgIpc) is 2.76. The summed E-state index contributed by atoms with van der Waals surface area (Å²) in [5, 5.41) is 7.39. The fourth-order valence-electron chi connectivity index (χ4n) is 1.84. The van der Waals surface area contributed by atoms with E-state index >= 15 is 0 Å². The van der Waals surface area contributed by atoms with Crippen LogP contribution in [0.1, 0.15) is 18.5 Å². The number of hydrogen-bond donors (Lipinski definition) is 2. The maximum Gasteiger partial charge on any atom is 0.239 e. The third-order valence-corrected chi connectivity index (χ3v) is 3.43. The van der Waals surface area contributed by atoms with Crippen LogP contribution in [0.25, 0.3) is 0 Å². The van der Waals surface area contributed by atoms with Crippen LogP contribution < -0.4 is 11.1 Å². The number of benzene rings is 1. The van der Waals surface area contributed by atoms with Crippen molar-refractivity contribution in [2.24, 2.45) is 5.73 Å². The molecule has 1 aromatic carbocycles. The molecule has 3 N–H and O–H groups in total. The topological polar surface area (TPSA) is 72.9 Å². The van der Waals surface area contributed by atoms with E-state index in [1.54, 1.807) is 12.4 Å². The van der Waals surface area contributed by atoms with Crippen LogP contribution >= 0.6 is 15.9 Å². The van der Waals surface area contributed by atoms with Gasteiger partial charge < -0.3 is 11.1 Å². The van der Waals surface area contributed by atoms with Gasteiger partial charge in [0.05, 0.1) is 11.9 Å². The predicted octanol–water partition coefficient (Wildman–Crippen LogP) is 2.30. The lowest BCUT2D eigenvalue weighted by atomic mass is 10.1. The highest BCUT2D eigenvalue weighted by Gasteiger charge is 2.09. The predicted molar refractivity (Wildman–Crippen MR) is 77.6 cm³/mol. The van der Waals surface area contributed by atoms with E-state index in [9.17, 15) is 4.79 Å². The van der Waals surface area contributed by atoms with Gasteiger partial charge in [0.15, 0.2) is 0 Å². The van der Waals surface area contributed by atoms with Gasteiger partial charge in [-0.25, -0.2) is 0 Å². The number of carbonyl (C=O) groups excluding carboxylic acids is 1. The maximum atomic E-state index is 10.8. The van der Waals surface area contributed by atoms with E-state index in [0.717, 1.165) is 15.7 Å². The van der Waals surface area contributed by atoms with Crippen LogP contribution in [0, 0.1) is 0 Å². The Balaban J connectivity index is 2.07. The zero-order valence-corrected chi connectivity index (χ0v) is 12.1. The van der Waals surface area contributed by atoms with Crippen molar-refractivity contribution in [2.45, 2.75) is 19.5 Å². The molecule has 1 amide bonds. The summed E-state index contributed by atoms with van der Waals surface area (Å²) in [6.45, 7) is 2.15. The van der Waals surface area contributed by atoms with Crippen LogP contribution in [0.3, 0.4) is 0 Å². The molecule has 0 radical (unpaired) electrons. The van der Waals surface area contributed by atoms with E-state index in [-0.39, 0.29) is 12.6 Å². The number of amides is 1. The minimum Gasteiger partial charge on any atom is -0.376 e. The van der Waals surface area contributed by atoms with Gasteiger partial charge in [0.1, 0.15) is 6.54 Å². The summed E-state index contributed by atoms with van der Waals surface area (Å²) >= 11 is 3.53. The van der Waals surface area contributed by atoms with Gasteiger partial charge in [-0.15, -0.1) is 0 Å². The first-order chi connectivity index (χ1) is 9.06. The second-order valence-electron chi connectivity index (χ2n) is 4.28. The number of aromatic nitrogens is 2. The number of nitrogens with zero attached hydrogens (tertiary/aromatic N) is 2. The van der Waals surface area contributed by atoms with Crippen molar-refractivity contribution in [1.82, 2.24) is 9.78 Å². The molecular weight excluding hydrogens is 308 g/mol. The van der Waals surface area contributed by atoms with Crippen LogP contribution in [0.5, 0.6) is 0 Å². The lowest BCUT2D eigenvalue weighted by Gasteiger charge is -2.15. The Bertz CT molecular complexity index is 582. The fourth-order valence-corrected chi connectivity index (χ4v) is 2.47. The summed E-state index contributed by atoms with van der Waals surface area (Å²) in [4.78, 5) is 10.8. The zero-order valence-electron chi connectivity index (χ0n) is 10.5. The molecule has 2 aromatic rings. The van der Waals surface area contributed by atoms with Crippen LogP contribution in [-0.4, -0.2) is 15.7 Å². The quantitative estimate of drug-likeness (QED) is 0.887. The van der Waals surface area contributed by atoms with Gasteiger partial charge in [-0.05, 0) is 18.6 Å². The first-order valence-corrected chi connectivity index (χ1v) is 6.67. The van der Waals surface area contributed by atoms with Gasteiger partial charge in [0.25, 0.3) is 0 Å². The first kappa shape index (κ1) is 13.6. The molecule has 1 aromatic heterocycles. The largest absolute Gasteiger partial charge is 0.376 e. The SMILES string of the molecule is CC(Nc1cnn(CC(N)=O)c1)c1ccccc1Br. The number of anilines is 1. The first-order valence-electron chi connectivity index (χ1n) is 5.88. The number of hydrogen-bond acceptors (Lipinski definition) is 3. The monoisotopic (exact) mass is 322 g/mol. The molecular formula is C13H15BrN4O. The lowest BCUT2D eigenvalue weighted by molar-refractivity contribution is -0.118. The molecule has 0 bridgehead atoms. The van der Waals surface area contributed by atoms with E-state index in [1.807, 2.05) is 18.2 Å². The van der Waals surface area contributed by atoms with Crippen molar-refractivity contribution < 1.29 is 4.79 Å². The summed E-state index contributed by atoms with van der Waals surface area (Å²) in [5.74, 6) is -0.409. The highest BCUT2D eigenvalue weighted by Crippen LogP contribution is 2.25. The van der Waals surface area contributed by atoms with Gasteiger partial charge in [0, 0.05) is 16.7 Å². The average molecular weight is 323 g/mol. The Kier molecular flexibility index (Phi) is 4.21. The molecule has 0 fully saturated rings. The molecule has 0 saturated carbocycles. The van der Waals surface area contributed by atoms with E-state index < -0.39 is 5.91 Å². The highest BCUT2D eigenvalue weighted by atomic mass is 79.9. The van der Waals surface area contributed by atoms with Crippen molar-refractivity contribution in [3.63, 3.8) is 0 Å². The lowest BCUT2D eigenvalue weighted by Crippen LogP contribution is -2.18. The third kappa shape index (κ3) is 3.57. The van der Waals surface area contributed by atoms with Crippen LogP contribution in [-0.2, 0) is 11.3 Å². The van der Waals surface area contributed by atoms with Crippen molar-refractivity contribution in [1.29, 1.82) is 0 Å². The van der Waals surface area contributed by atoms with Gasteiger partial charge in [0.2, 0.25) is 5.91 Å². The molecule has 0 spiro atoms. The zero-order chi connectivity index (χ0) is 13.8.